The van der Waals surface area contributed by atoms with Crippen LogP contribution in [-0.4, -0.2) is 34.7 Å². The average molecular weight is 271 g/mol. The van der Waals surface area contributed by atoms with Crippen molar-refractivity contribution < 1.29 is 14.7 Å². The Hall–Kier alpha value is -2.89. The fourth-order valence-electron chi connectivity index (χ4n) is 1.65. The molecule has 0 saturated carbocycles. The first-order valence-electron chi connectivity index (χ1n) is 5.82. The monoisotopic (exact) mass is 271 g/mol. The molecule has 1 aliphatic heterocycles. The third-order valence-electron chi connectivity index (χ3n) is 2.70. The van der Waals surface area contributed by atoms with Crippen molar-refractivity contribution in [3.8, 4) is 5.75 Å². The Balaban J connectivity index is 2.30. The Labute approximate surface area is 115 Å². The van der Waals surface area contributed by atoms with Crippen molar-refractivity contribution in [3.63, 3.8) is 0 Å². The molecule has 0 aliphatic carbocycles. The van der Waals surface area contributed by atoms with E-state index < -0.39 is 5.91 Å². The Morgan fingerprint density at radius 1 is 1.35 bits per heavy atom. The molecule has 0 atom stereocenters. The molecule has 1 heterocycles. The van der Waals surface area contributed by atoms with E-state index in [2.05, 4.69) is 4.99 Å². The quantitative estimate of drug-likeness (QED) is 0.790. The number of rotatable bonds is 3. The van der Waals surface area contributed by atoms with Gasteiger partial charge in [0, 0.05) is 13.1 Å². The molecule has 0 saturated heterocycles. The minimum absolute atomic E-state index is 0.149. The van der Waals surface area contributed by atoms with E-state index in [1.807, 2.05) is 0 Å². The average Bonchev–Trinajstić information content (AvgIpc) is 2.67. The number of benzene rings is 1. The predicted octanol–water partition coefficient (Wildman–Crippen LogP) is 0.645. The molecule has 0 fully saturated rings. The normalized spacial score (nSPS) is 17.1. The summed E-state index contributed by atoms with van der Waals surface area (Å²) in [6.45, 7) is 0. The van der Waals surface area contributed by atoms with Gasteiger partial charge in [-0.1, -0.05) is 12.1 Å². The van der Waals surface area contributed by atoms with Gasteiger partial charge in [-0.25, -0.2) is 4.99 Å². The van der Waals surface area contributed by atoms with Crippen molar-refractivity contribution in [2.75, 3.05) is 7.05 Å². The second-order valence-electron chi connectivity index (χ2n) is 4.19. The first-order valence-corrected chi connectivity index (χ1v) is 5.82. The van der Waals surface area contributed by atoms with E-state index in [0.29, 0.717) is 5.84 Å². The van der Waals surface area contributed by atoms with Crippen LogP contribution in [0.5, 0.6) is 5.75 Å². The smallest absolute Gasteiger partial charge is 0.277 e. The molecule has 0 bridgehead atoms. The second kappa shape index (κ2) is 5.40. The van der Waals surface area contributed by atoms with E-state index in [1.165, 1.54) is 23.1 Å². The number of nitrogens with zero attached hydrogens (tertiary/aromatic N) is 2. The minimum Gasteiger partial charge on any atom is -0.508 e. The van der Waals surface area contributed by atoms with Gasteiger partial charge < -0.3 is 10.8 Å². The van der Waals surface area contributed by atoms with Crippen LogP contribution in [0.1, 0.15) is 5.56 Å². The number of phenolic OH excluding ortho intramolecular Hbond substituents is 1. The van der Waals surface area contributed by atoms with Crippen LogP contribution in [0.4, 0.5) is 0 Å². The van der Waals surface area contributed by atoms with Crippen LogP contribution in [0, 0.1) is 0 Å². The van der Waals surface area contributed by atoms with Gasteiger partial charge in [0.2, 0.25) is 5.91 Å². The van der Waals surface area contributed by atoms with Gasteiger partial charge in [0.25, 0.3) is 5.91 Å². The number of aliphatic imine (C=N–C) groups is 1. The van der Waals surface area contributed by atoms with Gasteiger partial charge >= 0.3 is 0 Å². The molecule has 1 aromatic carbocycles. The first-order chi connectivity index (χ1) is 9.47. The van der Waals surface area contributed by atoms with Crippen LogP contribution in [-0.2, 0) is 9.59 Å². The minimum atomic E-state index is -0.607. The molecule has 2 rings (SSSR count). The molecule has 102 valence electrons. The number of aromatic hydroxyl groups is 1. The molecular formula is C14H13N3O3. The Kier molecular flexibility index (Phi) is 3.65. The van der Waals surface area contributed by atoms with Gasteiger partial charge in [0.15, 0.2) is 0 Å². The zero-order valence-corrected chi connectivity index (χ0v) is 10.8. The van der Waals surface area contributed by atoms with Gasteiger partial charge in [-0.05, 0) is 29.8 Å². The number of phenols is 1. The maximum atomic E-state index is 12.0. The van der Waals surface area contributed by atoms with Crippen LogP contribution >= 0.6 is 0 Å². The molecule has 2 amide bonds. The molecule has 3 N–H and O–H groups in total. The summed E-state index contributed by atoms with van der Waals surface area (Å²) in [5.41, 5.74) is 5.99. The van der Waals surface area contributed by atoms with Crippen molar-refractivity contribution in [3.05, 3.63) is 47.7 Å². The van der Waals surface area contributed by atoms with E-state index in [0.717, 1.165) is 11.6 Å². The number of carbonyl (C=O) groups excluding carboxylic acids is 2. The number of amides is 2. The number of primary amides is 1. The fourth-order valence-corrected chi connectivity index (χ4v) is 1.65. The zero-order chi connectivity index (χ0) is 14.7. The highest BCUT2D eigenvalue weighted by Crippen LogP contribution is 2.19. The topological polar surface area (TPSA) is 96.0 Å². The Morgan fingerprint density at radius 2 is 2.00 bits per heavy atom. The zero-order valence-electron chi connectivity index (χ0n) is 10.8. The van der Waals surface area contributed by atoms with E-state index in [4.69, 9.17) is 5.73 Å². The lowest BCUT2D eigenvalue weighted by molar-refractivity contribution is -0.121. The molecule has 0 radical (unpaired) electrons. The maximum absolute atomic E-state index is 12.0. The highest BCUT2D eigenvalue weighted by atomic mass is 16.3. The SMILES string of the molecule is CN1C(=O)/C(=C/c2ccc(O)cc2)N=C1/C=C/C(N)=O. The first kappa shape index (κ1) is 13.5. The summed E-state index contributed by atoms with van der Waals surface area (Å²) in [4.78, 5) is 28.1. The molecule has 0 spiro atoms. The Morgan fingerprint density at radius 3 is 2.60 bits per heavy atom. The van der Waals surface area contributed by atoms with E-state index in [9.17, 15) is 14.7 Å². The van der Waals surface area contributed by atoms with Crippen molar-refractivity contribution in [1.29, 1.82) is 0 Å². The number of amidine groups is 1. The lowest BCUT2D eigenvalue weighted by atomic mass is 10.2. The summed E-state index contributed by atoms with van der Waals surface area (Å²) >= 11 is 0. The van der Waals surface area contributed by atoms with Crippen LogP contribution in [0.25, 0.3) is 6.08 Å². The molecular weight excluding hydrogens is 258 g/mol. The van der Waals surface area contributed by atoms with Crippen LogP contribution in [0.3, 0.4) is 0 Å². The predicted molar refractivity (Wildman–Crippen MR) is 74.6 cm³/mol. The highest BCUT2D eigenvalue weighted by Gasteiger charge is 2.25. The summed E-state index contributed by atoms with van der Waals surface area (Å²) in [6, 6.07) is 6.38. The number of carbonyl (C=O) groups is 2. The van der Waals surface area contributed by atoms with E-state index >= 15 is 0 Å². The van der Waals surface area contributed by atoms with Crippen molar-refractivity contribution in [1.82, 2.24) is 4.90 Å². The van der Waals surface area contributed by atoms with E-state index in [-0.39, 0.29) is 17.4 Å². The lowest BCUT2D eigenvalue weighted by Crippen LogP contribution is -2.26. The highest BCUT2D eigenvalue weighted by molar-refractivity contribution is 6.18. The fraction of sp³-hybridized carbons (Fsp3) is 0.0714. The number of hydrogen-bond acceptors (Lipinski definition) is 4. The van der Waals surface area contributed by atoms with Crippen molar-refractivity contribution >= 4 is 23.7 Å². The number of nitrogens with two attached hydrogens (primary N) is 1. The molecule has 0 unspecified atom stereocenters. The van der Waals surface area contributed by atoms with Crippen LogP contribution < -0.4 is 5.73 Å². The lowest BCUT2D eigenvalue weighted by Gasteiger charge is -2.07. The standard InChI is InChI=1S/C14H13N3O3/c1-17-13(7-6-12(15)19)16-11(14(17)20)8-9-2-4-10(18)5-3-9/h2-8,18H,1H3,(H2,15,19)/b7-6+,11-8-. The number of likely N-dealkylation sites (N-methyl/N-ethyl adjacent to an activating group) is 1. The van der Waals surface area contributed by atoms with E-state index in [1.54, 1.807) is 25.3 Å². The van der Waals surface area contributed by atoms with Gasteiger partial charge in [0.05, 0.1) is 0 Å². The summed E-state index contributed by atoms with van der Waals surface area (Å²) < 4.78 is 0. The molecule has 6 nitrogen and oxygen atoms in total. The molecule has 20 heavy (non-hydrogen) atoms. The molecule has 6 heteroatoms. The van der Waals surface area contributed by atoms with Crippen molar-refractivity contribution in [2.45, 2.75) is 0 Å². The van der Waals surface area contributed by atoms with Gasteiger partial charge in [0.1, 0.15) is 17.3 Å². The summed E-state index contributed by atoms with van der Waals surface area (Å²) in [7, 11) is 1.56. The van der Waals surface area contributed by atoms with Crippen LogP contribution in [0.2, 0.25) is 0 Å². The third-order valence-corrected chi connectivity index (χ3v) is 2.70. The molecule has 0 aromatic heterocycles. The molecule has 1 aliphatic rings. The second-order valence-corrected chi connectivity index (χ2v) is 4.19. The summed E-state index contributed by atoms with van der Waals surface area (Å²) in [6.07, 6.45) is 4.13. The Bertz CT molecular complexity index is 642. The largest absolute Gasteiger partial charge is 0.508 e. The number of hydrogen-bond donors (Lipinski definition) is 2. The molecule has 1 aromatic rings. The summed E-state index contributed by atoms with van der Waals surface area (Å²) in [5.74, 6) is -0.388. The van der Waals surface area contributed by atoms with Gasteiger partial charge in [-0.2, -0.15) is 0 Å². The maximum Gasteiger partial charge on any atom is 0.277 e. The van der Waals surface area contributed by atoms with Gasteiger partial charge in [-0.3, -0.25) is 14.5 Å². The summed E-state index contributed by atoms with van der Waals surface area (Å²) in [5, 5.41) is 9.20. The van der Waals surface area contributed by atoms with Gasteiger partial charge in [-0.15, -0.1) is 0 Å². The van der Waals surface area contributed by atoms with Crippen LogP contribution in [0.15, 0.2) is 47.1 Å². The van der Waals surface area contributed by atoms with Crippen molar-refractivity contribution in [2.24, 2.45) is 10.7 Å². The third kappa shape index (κ3) is 2.92.